The molecule has 2 N–H and O–H groups in total. The van der Waals surface area contributed by atoms with Crippen LogP contribution in [0.5, 0.6) is 5.75 Å². The molecule has 160 valence electrons. The summed E-state index contributed by atoms with van der Waals surface area (Å²) in [7, 11) is 1.77. The van der Waals surface area contributed by atoms with Gasteiger partial charge in [0.15, 0.2) is 5.96 Å². The number of guanidine groups is 1. The zero-order valence-electron chi connectivity index (χ0n) is 17.3. The van der Waals surface area contributed by atoms with Gasteiger partial charge in [-0.05, 0) is 29.2 Å². The maximum absolute atomic E-state index is 11.8. The number of para-hydroxylation sites is 1. The Labute approximate surface area is 195 Å². The fraction of sp³-hybridized carbons (Fsp3) is 0.391. The van der Waals surface area contributed by atoms with Crippen LogP contribution < -0.4 is 15.4 Å². The van der Waals surface area contributed by atoms with Gasteiger partial charge in [-0.15, -0.1) is 24.0 Å². The third kappa shape index (κ3) is 5.65. The lowest BCUT2D eigenvalue weighted by atomic mass is 10.1. The molecule has 0 saturated carbocycles. The monoisotopic (exact) mass is 520 g/mol. The molecule has 2 aliphatic rings. The van der Waals surface area contributed by atoms with E-state index in [1.54, 1.807) is 7.05 Å². The van der Waals surface area contributed by atoms with Crippen LogP contribution in [-0.2, 0) is 24.3 Å². The van der Waals surface area contributed by atoms with Crippen molar-refractivity contribution >= 4 is 35.8 Å². The molecule has 1 unspecified atom stereocenters. The predicted octanol–water partition coefficient (Wildman–Crippen LogP) is 3.10. The molecule has 30 heavy (non-hydrogen) atoms. The highest BCUT2D eigenvalue weighted by atomic mass is 127. The predicted molar refractivity (Wildman–Crippen MR) is 129 cm³/mol. The lowest BCUT2D eigenvalue weighted by Gasteiger charge is -2.17. The summed E-state index contributed by atoms with van der Waals surface area (Å²) in [6, 6.07) is 16.6. The first-order chi connectivity index (χ1) is 14.2. The number of halogens is 1. The number of rotatable bonds is 6. The number of carbonyl (C=O) groups is 1. The Morgan fingerprint density at radius 2 is 1.90 bits per heavy atom. The molecule has 2 aliphatic heterocycles. The molecule has 0 aromatic heterocycles. The smallest absolute Gasteiger partial charge is 0.222 e. The van der Waals surface area contributed by atoms with Crippen LogP contribution in [0.1, 0.15) is 29.5 Å². The van der Waals surface area contributed by atoms with Crippen LogP contribution in [0.4, 0.5) is 0 Å². The maximum Gasteiger partial charge on any atom is 0.222 e. The first kappa shape index (κ1) is 22.4. The van der Waals surface area contributed by atoms with E-state index >= 15 is 0 Å². The summed E-state index contributed by atoms with van der Waals surface area (Å²) in [4.78, 5) is 18.0. The van der Waals surface area contributed by atoms with E-state index in [4.69, 9.17) is 4.74 Å². The van der Waals surface area contributed by atoms with Crippen molar-refractivity contribution in [2.45, 2.75) is 38.5 Å². The number of carbonyl (C=O) groups excluding carboxylic acids is 1. The van der Waals surface area contributed by atoms with E-state index in [0.29, 0.717) is 26.1 Å². The third-order valence-electron chi connectivity index (χ3n) is 5.46. The SMILES string of the molecule is CN=C(NCc1ccc(CN2CCCC2=O)cc1)NCC1Cc2ccccc2O1.I. The van der Waals surface area contributed by atoms with Crippen LogP contribution in [0.15, 0.2) is 53.5 Å². The Morgan fingerprint density at radius 3 is 2.60 bits per heavy atom. The average Bonchev–Trinajstić information content (AvgIpc) is 3.35. The van der Waals surface area contributed by atoms with Crippen LogP contribution in [-0.4, -0.2) is 43.0 Å². The van der Waals surface area contributed by atoms with Gasteiger partial charge in [-0.25, -0.2) is 0 Å². The van der Waals surface area contributed by atoms with Crippen LogP contribution in [0.25, 0.3) is 0 Å². The number of ether oxygens (including phenoxy) is 1. The summed E-state index contributed by atoms with van der Waals surface area (Å²) in [5, 5.41) is 6.70. The molecule has 2 heterocycles. The van der Waals surface area contributed by atoms with Crippen molar-refractivity contribution in [1.82, 2.24) is 15.5 Å². The van der Waals surface area contributed by atoms with Crippen molar-refractivity contribution < 1.29 is 9.53 Å². The fourth-order valence-electron chi connectivity index (χ4n) is 3.84. The number of hydrogen-bond donors (Lipinski definition) is 2. The standard InChI is InChI=1S/C23H28N4O2.HI/c1-24-23(26-15-20-13-19-5-2-3-6-21(19)29-20)25-14-17-8-10-18(11-9-17)16-27-12-4-7-22(27)28;/h2-3,5-6,8-11,20H,4,7,12-16H2,1H3,(H2,24,25,26);1H. The number of aliphatic imine (C=N–C) groups is 1. The average molecular weight is 520 g/mol. The van der Waals surface area contributed by atoms with Crippen LogP contribution in [0.3, 0.4) is 0 Å². The highest BCUT2D eigenvalue weighted by molar-refractivity contribution is 14.0. The summed E-state index contributed by atoms with van der Waals surface area (Å²) in [5.41, 5.74) is 3.61. The van der Waals surface area contributed by atoms with E-state index in [-0.39, 0.29) is 36.0 Å². The molecular weight excluding hydrogens is 491 g/mol. The van der Waals surface area contributed by atoms with Crippen LogP contribution in [0.2, 0.25) is 0 Å². The molecule has 0 bridgehead atoms. The quantitative estimate of drug-likeness (QED) is 0.349. The van der Waals surface area contributed by atoms with E-state index in [2.05, 4.69) is 46.0 Å². The van der Waals surface area contributed by atoms with Crippen molar-refractivity contribution in [3.63, 3.8) is 0 Å². The van der Waals surface area contributed by atoms with Crippen molar-refractivity contribution in [3.05, 3.63) is 65.2 Å². The lowest BCUT2D eigenvalue weighted by molar-refractivity contribution is -0.128. The Hall–Kier alpha value is -2.29. The second-order valence-corrected chi connectivity index (χ2v) is 7.59. The molecule has 6 nitrogen and oxygen atoms in total. The molecular formula is C23H29IN4O2. The minimum absolute atomic E-state index is 0. The van der Waals surface area contributed by atoms with Crippen LogP contribution in [0, 0.1) is 0 Å². The highest BCUT2D eigenvalue weighted by Gasteiger charge is 2.22. The highest BCUT2D eigenvalue weighted by Crippen LogP contribution is 2.27. The summed E-state index contributed by atoms with van der Waals surface area (Å²) >= 11 is 0. The molecule has 1 saturated heterocycles. The molecule has 1 atom stereocenters. The Morgan fingerprint density at radius 1 is 1.13 bits per heavy atom. The van der Waals surface area contributed by atoms with Crippen LogP contribution >= 0.6 is 24.0 Å². The Balaban J connectivity index is 0.00000256. The van der Waals surface area contributed by atoms with Gasteiger partial charge in [0.1, 0.15) is 11.9 Å². The Bertz CT molecular complexity index is 860. The number of amides is 1. The van der Waals surface area contributed by atoms with Crippen molar-refractivity contribution in [2.24, 2.45) is 4.99 Å². The number of fused-ring (bicyclic) bond motifs is 1. The fourth-order valence-corrected chi connectivity index (χ4v) is 3.84. The van der Waals surface area contributed by atoms with Gasteiger partial charge in [-0.3, -0.25) is 9.79 Å². The summed E-state index contributed by atoms with van der Waals surface area (Å²) in [6.07, 6.45) is 2.71. The number of benzene rings is 2. The van der Waals surface area contributed by atoms with Crippen molar-refractivity contribution in [1.29, 1.82) is 0 Å². The van der Waals surface area contributed by atoms with E-state index in [1.165, 1.54) is 16.7 Å². The largest absolute Gasteiger partial charge is 0.488 e. The second kappa shape index (κ2) is 10.7. The third-order valence-corrected chi connectivity index (χ3v) is 5.46. The molecule has 7 heteroatoms. The molecule has 1 amide bonds. The number of hydrogen-bond acceptors (Lipinski definition) is 3. The Kier molecular flexibility index (Phi) is 7.95. The van der Waals surface area contributed by atoms with Crippen molar-refractivity contribution in [2.75, 3.05) is 20.1 Å². The molecule has 0 aliphatic carbocycles. The maximum atomic E-state index is 11.8. The van der Waals surface area contributed by atoms with Gasteiger partial charge in [0.05, 0.1) is 6.54 Å². The van der Waals surface area contributed by atoms with Gasteiger partial charge in [-0.1, -0.05) is 42.5 Å². The van der Waals surface area contributed by atoms with E-state index in [1.807, 2.05) is 23.1 Å². The van der Waals surface area contributed by atoms with E-state index < -0.39 is 0 Å². The minimum Gasteiger partial charge on any atom is -0.488 e. The van der Waals surface area contributed by atoms with Gasteiger partial charge in [0.2, 0.25) is 5.91 Å². The van der Waals surface area contributed by atoms with Gasteiger partial charge in [0, 0.05) is 39.5 Å². The van der Waals surface area contributed by atoms with Gasteiger partial charge < -0.3 is 20.3 Å². The molecule has 0 spiro atoms. The molecule has 2 aromatic rings. The molecule has 4 rings (SSSR count). The molecule has 2 aromatic carbocycles. The summed E-state index contributed by atoms with van der Waals surface area (Å²) < 4.78 is 5.97. The normalized spacial score (nSPS) is 17.9. The van der Waals surface area contributed by atoms with Gasteiger partial charge >= 0.3 is 0 Å². The topological polar surface area (TPSA) is 66.0 Å². The summed E-state index contributed by atoms with van der Waals surface area (Å²) in [5.74, 6) is 2.01. The second-order valence-electron chi connectivity index (χ2n) is 7.59. The summed E-state index contributed by atoms with van der Waals surface area (Å²) in [6.45, 7) is 2.98. The zero-order valence-corrected chi connectivity index (χ0v) is 19.6. The zero-order chi connectivity index (χ0) is 20.1. The van der Waals surface area contributed by atoms with Gasteiger partial charge in [-0.2, -0.15) is 0 Å². The number of nitrogens with one attached hydrogen (secondary N) is 2. The first-order valence-electron chi connectivity index (χ1n) is 10.3. The van der Waals surface area contributed by atoms with E-state index in [9.17, 15) is 4.79 Å². The molecule has 0 radical (unpaired) electrons. The lowest BCUT2D eigenvalue weighted by Crippen LogP contribution is -2.41. The number of nitrogens with zero attached hydrogens (tertiary/aromatic N) is 2. The van der Waals surface area contributed by atoms with E-state index in [0.717, 1.165) is 31.1 Å². The van der Waals surface area contributed by atoms with Gasteiger partial charge in [0.25, 0.3) is 0 Å². The number of likely N-dealkylation sites (tertiary alicyclic amines) is 1. The van der Waals surface area contributed by atoms with Crippen molar-refractivity contribution in [3.8, 4) is 5.75 Å². The minimum atomic E-state index is 0. The first-order valence-corrected chi connectivity index (χ1v) is 10.3. The molecule has 1 fully saturated rings.